The molecule has 0 aliphatic carbocycles. The number of nitrogen functional groups attached to an aromatic ring is 1. The highest BCUT2D eigenvalue weighted by Crippen LogP contribution is 2.22. The van der Waals surface area contributed by atoms with Gasteiger partial charge in [-0.2, -0.15) is 0 Å². The molecule has 3 heterocycles. The van der Waals surface area contributed by atoms with E-state index in [2.05, 4.69) is 44.5 Å². The molecule has 27 heavy (non-hydrogen) atoms. The highest BCUT2D eigenvalue weighted by atomic mass is 16.1. The molecule has 140 valence electrons. The summed E-state index contributed by atoms with van der Waals surface area (Å²) in [7, 11) is 0. The van der Waals surface area contributed by atoms with Crippen molar-refractivity contribution in [3.05, 3.63) is 53.2 Å². The van der Waals surface area contributed by atoms with Crippen molar-refractivity contribution < 1.29 is 4.79 Å². The predicted molar refractivity (Wildman–Crippen MR) is 105 cm³/mol. The van der Waals surface area contributed by atoms with Crippen LogP contribution in [0.5, 0.6) is 0 Å². The van der Waals surface area contributed by atoms with Crippen molar-refractivity contribution in [3.63, 3.8) is 0 Å². The zero-order valence-electron chi connectivity index (χ0n) is 15.5. The Balaban J connectivity index is 1.29. The Hall–Kier alpha value is -2.93. The standard InChI is InChI=1S/C20H24N6O/c1-2-26-18-17(24-20(26)21)10-16(11-23-18)19(27)22-8-5-9-25-12-14-6-3-4-7-15(14)13-25/h3-4,6-7,10-11H,2,5,8-9,12-13H2,1H3,(H2,21,24)(H,22,27). The van der Waals surface area contributed by atoms with Crippen LogP contribution >= 0.6 is 0 Å². The molecule has 0 saturated heterocycles. The molecule has 1 aliphatic heterocycles. The van der Waals surface area contributed by atoms with Gasteiger partial charge < -0.3 is 11.1 Å². The normalized spacial score (nSPS) is 13.8. The maximum atomic E-state index is 12.4. The minimum Gasteiger partial charge on any atom is -0.369 e. The van der Waals surface area contributed by atoms with Crippen molar-refractivity contribution in [3.8, 4) is 0 Å². The lowest BCUT2D eigenvalue weighted by Gasteiger charge is -2.14. The zero-order valence-corrected chi connectivity index (χ0v) is 15.5. The third-order valence-electron chi connectivity index (χ3n) is 5.04. The summed E-state index contributed by atoms with van der Waals surface area (Å²) >= 11 is 0. The molecule has 0 radical (unpaired) electrons. The third-order valence-corrected chi connectivity index (χ3v) is 5.04. The van der Waals surface area contributed by atoms with E-state index in [0.29, 0.717) is 35.8 Å². The quantitative estimate of drug-likeness (QED) is 0.655. The van der Waals surface area contributed by atoms with Crippen LogP contribution in [0.1, 0.15) is 34.8 Å². The van der Waals surface area contributed by atoms with E-state index in [9.17, 15) is 4.79 Å². The molecule has 7 heteroatoms. The first-order valence-corrected chi connectivity index (χ1v) is 9.35. The monoisotopic (exact) mass is 364 g/mol. The Bertz CT molecular complexity index is 955. The maximum absolute atomic E-state index is 12.4. The average molecular weight is 364 g/mol. The number of pyridine rings is 1. The number of hydrogen-bond donors (Lipinski definition) is 2. The van der Waals surface area contributed by atoms with E-state index in [4.69, 9.17) is 5.73 Å². The number of nitrogens with one attached hydrogen (secondary N) is 1. The highest BCUT2D eigenvalue weighted by molar-refractivity contribution is 5.96. The van der Waals surface area contributed by atoms with Gasteiger partial charge in [-0.1, -0.05) is 24.3 Å². The number of imidazole rings is 1. The van der Waals surface area contributed by atoms with Gasteiger partial charge in [0.1, 0.15) is 5.52 Å². The van der Waals surface area contributed by atoms with E-state index in [1.807, 2.05) is 11.5 Å². The number of rotatable bonds is 6. The Kier molecular flexibility index (Phi) is 4.77. The van der Waals surface area contributed by atoms with Crippen LogP contribution in [-0.2, 0) is 19.6 Å². The second-order valence-corrected chi connectivity index (χ2v) is 6.87. The molecule has 1 amide bonds. The zero-order chi connectivity index (χ0) is 18.8. The van der Waals surface area contributed by atoms with Gasteiger partial charge >= 0.3 is 0 Å². The van der Waals surface area contributed by atoms with E-state index in [1.165, 1.54) is 11.1 Å². The van der Waals surface area contributed by atoms with Crippen molar-refractivity contribution in [2.45, 2.75) is 33.0 Å². The second-order valence-electron chi connectivity index (χ2n) is 6.87. The molecule has 3 aromatic rings. The molecule has 0 fully saturated rings. The Morgan fingerprint density at radius 3 is 2.70 bits per heavy atom. The van der Waals surface area contributed by atoms with Gasteiger partial charge in [0.15, 0.2) is 5.65 Å². The number of anilines is 1. The van der Waals surface area contributed by atoms with Crippen LogP contribution in [0.3, 0.4) is 0 Å². The lowest BCUT2D eigenvalue weighted by Crippen LogP contribution is -2.28. The summed E-state index contributed by atoms with van der Waals surface area (Å²) in [5, 5.41) is 2.97. The first-order chi connectivity index (χ1) is 13.2. The number of amides is 1. The Labute approximate surface area is 158 Å². The van der Waals surface area contributed by atoms with Crippen LogP contribution < -0.4 is 11.1 Å². The van der Waals surface area contributed by atoms with Crippen LogP contribution in [0.15, 0.2) is 36.5 Å². The number of aryl methyl sites for hydroxylation is 1. The number of fused-ring (bicyclic) bond motifs is 2. The highest BCUT2D eigenvalue weighted by Gasteiger charge is 2.17. The van der Waals surface area contributed by atoms with E-state index < -0.39 is 0 Å². The fourth-order valence-electron chi connectivity index (χ4n) is 3.63. The number of nitrogens with zero attached hydrogens (tertiary/aromatic N) is 4. The molecule has 2 aromatic heterocycles. The van der Waals surface area contributed by atoms with E-state index in [-0.39, 0.29) is 5.91 Å². The lowest BCUT2D eigenvalue weighted by atomic mass is 10.1. The Morgan fingerprint density at radius 1 is 1.26 bits per heavy atom. The number of carbonyl (C=O) groups excluding carboxylic acids is 1. The van der Waals surface area contributed by atoms with Gasteiger partial charge in [-0.15, -0.1) is 0 Å². The van der Waals surface area contributed by atoms with Gasteiger partial charge in [0, 0.05) is 38.9 Å². The van der Waals surface area contributed by atoms with Gasteiger partial charge in [0.05, 0.1) is 5.56 Å². The number of aromatic nitrogens is 3. The minimum absolute atomic E-state index is 0.126. The number of carbonyl (C=O) groups is 1. The van der Waals surface area contributed by atoms with Crippen LogP contribution in [0.4, 0.5) is 5.95 Å². The molecule has 0 atom stereocenters. The number of hydrogen-bond acceptors (Lipinski definition) is 5. The SMILES string of the molecule is CCn1c(N)nc2cc(C(=O)NCCCN3Cc4ccccc4C3)cnc21. The smallest absolute Gasteiger partial charge is 0.252 e. The van der Waals surface area contributed by atoms with Gasteiger partial charge in [0.2, 0.25) is 5.95 Å². The molecule has 0 saturated carbocycles. The van der Waals surface area contributed by atoms with Crippen molar-refractivity contribution in [1.82, 2.24) is 24.8 Å². The van der Waals surface area contributed by atoms with Crippen molar-refractivity contribution in [2.75, 3.05) is 18.8 Å². The molecule has 7 nitrogen and oxygen atoms in total. The number of benzene rings is 1. The van der Waals surface area contributed by atoms with E-state index in [0.717, 1.165) is 26.1 Å². The van der Waals surface area contributed by atoms with Gasteiger partial charge in [0.25, 0.3) is 5.91 Å². The van der Waals surface area contributed by atoms with Gasteiger partial charge in [-0.3, -0.25) is 14.3 Å². The molecule has 1 aliphatic rings. The van der Waals surface area contributed by atoms with Crippen molar-refractivity contribution >= 4 is 23.0 Å². The molecule has 0 spiro atoms. The molecular formula is C20H24N6O. The predicted octanol–water partition coefficient (Wildman–Crippen LogP) is 2.17. The van der Waals surface area contributed by atoms with Crippen LogP contribution in [0, 0.1) is 0 Å². The fraction of sp³-hybridized carbons (Fsp3) is 0.350. The van der Waals surface area contributed by atoms with Crippen molar-refractivity contribution in [2.24, 2.45) is 0 Å². The summed E-state index contributed by atoms with van der Waals surface area (Å²) in [4.78, 5) is 23.4. The average Bonchev–Trinajstić information content (AvgIpc) is 3.23. The summed E-state index contributed by atoms with van der Waals surface area (Å²) in [6.07, 6.45) is 2.49. The second kappa shape index (κ2) is 7.36. The van der Waals surface area contributed by atoms with Gasteiger partial charge in [-0.25, -0.2) is 9.97 Å². The summed E-state index contributed by atoms with van der Waals surface area (Å²) in [5.41, 5.74) is 10.6. The number of nitrogens with two attached hydrogens (primary N) is 1. The first kappa shape index (κ1) is 17.5. The first-order valence-electron chi connectivity index (χ1n) is 9.35. The molecule has 3 N–H and O–H groups in total. The Morgan fingerprint density at radius 2 is 2.00 bits per heavy atom. The minimum atomic E-state index is -0.126. The van der Waals surface area contributed by atoms with Gasteiger partial charge in [-0.05, 0) is 30.5 Å². The molecular weight excluding hydrogens is 340 g/mol. The largest absolute Gasteiger partial charge is 0.369 e. The molecule has 1 aromatic carbocycles. The van der Waals surface area contributed by atoms with E-state index in [1.54, 1.807) is 12.3 Å². The summed E-state index contributed by atoms with van der Waals surface area (Å²) in [5.74, 6) is 0.294. The van der Waals surface area contributed by atoms with Crippen molar-refractivity contribution in [1.29, 1.82) is 0 Å². The molecule has 0 bridgehead atoms. The fourth-order valence-corrected chi connectivity index (χ4v) is 3.63. The third kappa shape index (κ3) is 3.50. The lowest BCUT2D eigenvalue weighted by molar-refractivity contribution is 0.0951. The molecule has 0 unspecified atom stereocenters. The van der Waals surface area contributed by atoms with E-state index >= 15 is 0 Å². The summed E-state index contributed by atoms with van der Waals surface area (Å²) in [6.45, 7) is 6.26. The summed E-state index contributed by atoms with van der Waals surface area (Å²) in [6, 6.07) is 10.3. The van der Waals surface area contributed by atoms with Crippen LogP contribution in [0.2, 0.25) is 0 Å². The molecule has 4 rings (SSSR count). The summed E-state index contributed by atoms with van der Waals surface area (Å²) < 4.78 is 1.82. The topological polar surface area (TPSA) is 89.1 Å². The van der Waals surface area contributed by atoms with Crippen LogP contribution in [0.25, 0.3) is 11.2 Å². The maximum Gasteiger partial charge on any atom is 0.252 e. The van der Waals surface area contributed by atoms with Crippen LogP contribution in [-0.4, -0.2) is 38.4 Å².